The molecule has 0 unspecified atom stereocenters. The maximum Gasteiger partial charge on any atom is 0.123 e. The average Bonchev–Trinajstić information content (AvgIpc) is 2.34. The summed E-state index contributed by atoms with van der Waals surface area (Å²) in [4.78, 5) is 4.27. The highest BCUT2D eigenvalue weighted by molar-refractivity contribution is 5.85. The smallest absolute Gasteiger partial charge is 0.123 e. The molecule has 1 N–H and O–H groups in total. The third-order valence-corrected chi connectivity index (χ3v) is 1.77. The van der Waals surface area contributed by atoms with Gasteiger partial charge < -0.3 is 9.88 Å². The minimum absolute atomic E-state index is 0. The summed E-state index contributed by atoms with van der Waals surface area (Å²) in [5.74, 6) is 1.09. The van der Waals surface area contributed by atoms with Crippen molar-refractivity contribution in [3.8, 4) is 0 Å². The lowest BCUT2D eigenvalue weighted by Gasteiger charge is -2.23. The van der Waals surface area contributed by atoms with Gasteiger partial charge in [-0.25, -0.2) is 4.98 Å². The van der Waals surface area contributed by atoms with Gasteiger partial charge in [-0.2, -0.15) is 0 Å². The molecule has 1 aromatic heterocycles. The summed E-state index contributed by atoms with van der Waals surface area (Å²) in [5, 5.41) is 3.10. The molecule has 0 saturated heterocycles. The van der Waals surface area contributed by atoms with E-state index in [0.29, 0.717) is 0 Å². The highest BCUT2D eigenvalue weighted by Gasteiger charge is 2.15. The molecule has 1 rings (SSSR count). The van der Waals surface area contributed by atoms with Crippen molar-refractivity contribution in [2.45, 2.75) is 32.9 Å². The van der Waals surface area contributed by atoms with Crippen LogP contribution in [0.5, 0.6) is 0 Å². The third kappa shape index (κ3) is 3.01. The Morgan fingerprint density at radius 3 is 2.54 bits per heavy atom. The summed E-state index contributed by atoms with van der Waals surface area (Å²) < 4.78 is 2.18. The van der Waals surface area contributed by atoms with Crippen LogP contribution in [-0.2, 0) is 12.1 Å². The third-order valence-electron chi connectivity index (χ3n) is 1.77. The molecule has 0 radical (unpaired) electrons. The largest absolute Gasteiger partial charge is 0.329 e. The van der Waals surface area contributed by atoms with Gasteiger partial charge in [0.15, 0.2) is 0 Å². The monoisotopic (exact) mass is 203 g/mol. The highest BCUT2D eigenvalue weighted by Crippen LogP contribution is 2.15. The maximum absolute atomic E-state index is 4.27. The zero-order chi connectivity index (χ0) is 9.19. The van der Waals surface area contributed by atoms with E-state index in [1.54, 1.807) is 0 Å². The Labute approximate surface area is 86.0 Å². The molecule has 0 aromatic carbocycles. The number of imidazole rings is 1. The Morgan fingerprint density at radius 1 is 1.46 bits per heavy atom. The highest BCUT2D eigenvalue weighted by atomic mass is 35.5. The molecule has 0 bridgehead atoms. The van der Waals surface area contributed by atoms with Crippen LogP contribution in [0.15, 0.2) is 12.4 Å². The standard InChI is InChI=1S/C9H17N3.ClH/c1-9(2,3)12-6-5-11-8(12)7-10-4;/h5-6,10H,7H2,1-4H3;1H. The van der Waals surface area contributed by atoms with Crippen molar-refractivity contribution in [3.63, 3.8) is 0 Å². The second kappa shape index (κ2) is 4.63. The van der Waals surface area contributed by atoms with E-state index >= 15 is 0 Å². The molecule has 76 valence electrons. The molecular formula is C9H18ClN3. The number of hydrogen-bond donors (Lipinski definition) is 1. The Kier molecular flexibility index (Phi) is 4.44. The zero-order valence-corrected chi connectivity index (χ0v) is 9.48. The van der Waals surface area contributed by atoms with Crippen molar-refractivity contribution in [1.29, 1.82) is 0 Å². The van der Waals surface area contributed by atoms with Crippen LogP contribution in [0, 0.1) is 0 Å². The fourth-order valence-electron chi connectivity index (χ4n) is 1.23. The molecular weight excluding hydrogens is 186 g/mol. The first-order valence-electron chi connectivity index (χ1n) is 4.23. The van der Waals surface area contributed by atoms with E-state index in [1.165, 1.54) is 0 Å². The summed E-state index contributed by atoms with van der Waals surface area (Å²) >= 11 is 0. The molecule has 0 atom stereocenters. The number of nitrogens with zero attached hydrogens (tertiary/aromatic N) is 2. The van der Waals surface area contributed by atoms with Crippen molar-refractivity contribution >= 4 is 12.4 Å². The van der Waals surface area contributed by atoms with Crippen molar-refractivity contribution in [2.75, 3.05) is 7.05 Å². The molecule has 0 fully saturated rings. The van der Waals surface area contributed by atoms with E-state index in [1.807, 2.05) is 19.4 Å². The SMILES string of the molecule is CNCc1nccn1C(C)(C)C.Cl. The van der Waals surface area contributed by atoms with E-state index in [2.05, 4.69) is 35.6 Å². The summed E-state index contributed by atoms with van der Waals surface area (Å²) in [6.45, 7) is 7.35. The Balaban J connectivity index is 0.00000144. The van der Waals surface area contributed by atoms with Crippen LogP contribution in [0.1, 0.15) is 26.6 Å². The molecule has 0 aliphatic heterocycles. The predicted octanol–water partition coefficient (Wildman–Crippen LogP) is 1.78. The van der Waals surface area contributed by atoms with Crippen molar-refractivity contribution < 1.29 is 0 Å². The molecule has 13 heavy (non-hydrogen) atoms. The summed E-state index contributed by atoms with van der Waals surface area (Å²) in [6, 6.07) is 0. The fourth-order valence-corrected chi connectivity index (χ4v) is 1.23. The molecule has 1 aromatic rings. The normalized spacial score (nSPS) is 11.1. The first-order valence-corrected chi connectivity index (χ1v) is 4.23. The summed E-state index contributed by atoms with van der Waals surface area (Å²) in [6.07, 6.45) is 3.87. The van der Waals surface area contributed by atoms with Crippen LogP contribution < -0.4 is 5.32 Å². The van der Waals surface area contributed by atoms with Crippen LogP contribution in [0.4, 0.5) is 0 Å². The van der Waals surface area contributed by atoms with Gasteiger partial charge in [0, 0.05) is 17.9 Å². The van der Waals surface area contributed by atoms with Gasteiger partial charge in [0.1, 0.15) is 5.82 Å². The quantitative estimate of drug-likeness (QED) is 0.794. The number of aromatic nitrogens is 2. The lowest BCUT2D eigenvalue weighted by molar-refractivity contribution is 0.379. The van der Waals surface area contributed by atoms with Gasteiger partial charge in [0.25, 0.3) is 0 Å². The maximum atomic E-state index is 4.27. The van der Waals surface area contributed by atoms with Crippen LogP contribution in [0.2, 0.25) is 0 Å². The van der Waals surface area contributed by atoms with Crippen LogP contribution in [-0.4, -0.2) is 16.6 Å². The van der Waals surface area contributed by atoms with Crippen LogP contribution in [0.25, 0.3) is 0 Å². The topological polar surface area (TPSA) is 29.9 Å². The van der Waals surface area contributed by atoms with Gasteiger partial charge in [-0.1, -0.05) is 0 Å². The van der Waals surface area contributed by atoms with Gasteiger partial charge in [-0.05, 0) is 27.8 Å². The number of rotatable bonds is 2. The molecule has 0 spiro atoms. The number of halogens is 1. The minimum Gasteiger partial charge on any atom is -0.329 e. The Morgan fingerprint density at radius 2 is 2.08 bits per heavy atom. The Bertz CT molecular complexity index is 250. The van der Waals surface area contributed by atoms with E-state index in [-0.39, 0.29) is 17.9 Å². The Hall–Kier alpha value is -0.540. The van der Waals surface area contributed by atoms with E-state index < -0.39 is 0 Å². The first kappa shape index (κ1) is 12.5. The van der Waals surface area contributed by atoms with Crippen LogP contribution >= 0.6 is 12.4 Å². The van der Waals surface area contributed by atoms with Crippen LogP contribution in [0.3, 0.4) is 0 Å². The predicted molar refractivity (Wildman–Crippen MR) is 57.2 cm³/mol. The van der Waals surface area contributed by atoms with Gasteiger partial charge in [-0.15, -0.1) is 12.4 Å². The average molecular weight is 204 g/mol. The molecule has 1 heterocycles. The second-order valence-electron chi connectivity index (χ2n) is 3.91. The molecule has 0 aliphatic carbocycles. The summed E-state index contributed by atoms with van der Waals surface area (Å²) in [7, 11) is 1.93. The fraction of sp³-hybridized carbons (Fsp3) is 0.667. The van der Waals surface area contributed by atoms with Gasteiger partial charge >= 0.3 is 0 Å². The lowest BCUT2D eigenvalue weighted by atomic mass is 10.1. The first-order chi connectivity index (χ1) is 5.55. The van der Waals surface area contributed by atoms with Crippen molar-refractivity contribution in [2.24, 2.45) is 0 Å². The number of hydrogen-bond acceptors (Lipinski definition) is 2. The van der Waals surface area contributed by atoms with Gasteiger partial charge in [-0.3, -0.25) is 0 Å². The minimum atomic E-state index is 0. The lowest BCUT2D eigenvalue weighted by Crippen LogP contribution is -2.25. The van der Waals surface area contributed by atoms with Crippen molar-refractivity contribution in [1.82, 2.24) is 14.9 Å². The number of nitrogens with one attached hydrogen (secondary N) is 1. The zero-order valence-electron chi connectivity index (χ0n) is 8.66. The molecule has 4 heteroatoms. The molecule has 0 aliphatic rings. The van der Waals surface area contributed by atoms with E-state index in [4.69, 9.17) is 0 Å². The summed E-state index contributed by atoms with van der Waals surface area (Å²) in [5.41, 5.74) is 0.128. The second-order valence-corrected chi connectivity index (χ2v) is 3.91. The van der Waals surface area contributed by atoms with E-state index in [9.17, 15) is 0 Å². The molecule has 0 amide bonds. The molecule has 0 saturated carbocycles. The molecule has 3 nitrogen and oxygen atoms in total. The van der Waals surface area contributed by atoms with Gasteiger partial charge in [0.05, 0.1) is 6.54 Å². The van der Waals surface area contributed by atoms with E-state index in [0.717, 1.165) is 12.4 Å². The van der Waals surface area contributed by atoms with Gasteiger partial charge in [0.2, 0.25) is 0 Å². The van der Waals surface area contributed by atoms with Crippen molar-refractivity contribution in [3.05, 3.63) is 18.2 Å².